The predicted octanol–water partition coefficient (Wildman–Crippen LogP) is 5.99. The summed E-state index contributed by atoms with van der Waals surface area (Å²) >= 11 is 3.33. The molecule has 6 heteroatoms. The molecule has 4 fully saturated rings. The van der Waals surface area contributed by atoms with Crippen molar-refractivity contribution in [1.29, 1.82) is 0 Å². The molecule has 1 aliphatic heterocycles. The zero-order chi connectivity index (χ0) is 21.6. The van der Waals surface area contributed by atoms with Crippen molar-refractivity contribution in [1.82, 2.24) is 9.88 Å². The van der Waals surface area contributed by atoms with Crippen molar-refractivity contribution in [3.05, 3.63) is 33.6 Å². The van der Waals surface area contributed by atoms with Crippen LogP contribution >= 0.6 is 22.7 Å². The first-order valence-electron chi connectivity index (χ1n) is 12.0. The molecule has 8 rings (SSSR count). The number of carbonyl (C=O) groups is 1. The maximum atomic E-state index is 14.2. The summed E-state index contributed by atoms with van der Waals surface area (Å²) in [6.45, 7) is 1.91. The first kappa shape index (κ1) is 19.7. The van der Waals surface area contributed by atoms with E-state index in [1.165, 1.54) is 41.0 Å². The molecule has 166 valence electrons. The Morgan fingerprint density at radius 2 is 1.91 bits per heavy atom. The fourth-order valence-corrected chi connectivity index (χ4v) is 9.74. The molecule has 0 atom stereocenters. The third-order valence-corrected chi connectivity index (χ3v) is 10.7. The highest BCUT2D eigenvalue weighted by Crippen LogP contribution is 2.62. The Hall–Kier alpha value is -1.76. The molecule has 5 aliphatic rings. The summed E-state index contributed by atoms with van der Waals surface area (Å²) in [4.78, 5) is 24.6. The minimum absolute atomic E-state index is 0.160. The topological polar surface area (TPSA) is 59.2 Å². The van der Waals surface area contributed by atoms with Crippen LogP contribution < -0.4 is 5.73 Å². The van der Waals surface area contributed by atoms with E-state index < -0.39 is 0 Å². The molecule has 0 saturated heterocycles. The molecule has 4 aliphatic carbocycles. The first-order valence-corrected chi connectivity index (χ1v) is 13.7. The number of nitrogens with two attached hydrogens (primary N) is 1. The van der Waals surface area contributed by atoms with Crippen LogP contribution in [0.15, 0.2) is 17.5 Å². The van der Waals surface area contributed by atoms with Gasteiger partial charge >= 0.3 is 0 Å². The van der Waals surface area contributed by atoms with Gasteiger partial charge in [-0.1, -0.05) is 6.07 Å². The van der Waals surface area contributed by atoms with Gasteiger partial charge in [0.2, 0.25) is 0 Å². The smallest absolute Gasteiger partial charge is 0.181 e. The maximum Gasteiger partial charge on any atom is 0.181 e. The maximum absolute atomic E-state index is 14.2. The highest BCUT2D eigenvalue weighted by molar-refractivity contribution is 7.21. The van der Waals surface area contributed by atoms with Gasteiger partial charge in [-0.3, -0.25) is 4.79 Å². The van der Waals surface area contributed by atoms with Gasteiger partial charge in [0.05, 0.1) is 10.6 Å². The molecule has 0 unspecified atom stereocenters. The van der Waals surface area contributed by atoms with E-state index in [1.807, 2.05) is 0 Å². The van der Waals surface area contributed by atoms with Gasteiger partial charge in [-0.2, -0.15) is 0 Å². The fourth-order valence-electron chi connectivity index (χ4n) is 7.75. The summed E-state index contributed by atoms with van der Waals surface area (Å²) in [6.07, 6.45) is 8.24. The third kappa shape index (κ3) is 2.75. The number of aromatic nitrogens is 1. The Balaban J connectivity index is 1.41. The Labute approximate surface area is 196 Å². The number of pyridine rings is 1. The lowest BCUT2D eigenvalue weighted by Crippen LogP contribution is -2.49. The number of fused-ring (bicyclic) bond motifs is 2. The molecule has 4 heterocycles. The molecule has 32 heavy (non-hydrogen) atoms. The number of nitrogens with zero attached hydrogens (tertiary/aromatic N) is 2. The Kier molecular flexibility index (Phi) is 4.23. The first-order chi connectivity index (χ1) is 15.5. The Morgan fingerprint density at radius 3 is 2.56 bits per heavy atom. The number of carbonyl (C=O) groups excluding carboxylic acids is 1. The molecule has 2 N–H and O–H groups in total. The molecule has 4 nitrogen and oxygen atoms in total. The quantitative estimate of drug-likeness (QED) is 0.484. The Bertz CT molecular complexity index is 1210. The third-order valence-electron chi connectivity index (χ3n) is 8.72. The van der Waals surface area contributed by atoms with Gasteiger partial charge in [0.15, 0.2) is 5.78 Å². The molecule has 3 aromatic heterocycles. The number of hydrogen-bond donors (Lipinski definition) is 1. The number of hydrogen-bond acceptors (Lipinski definition) is 6. The van der Waals surface area contributed by atoms with Crippen LogP contribution in [0.3, 0.4) is 0 Å². The van der Waals surface area contributed by atoms with Gasteiger partial charge in [0.1, 0.15) is 4.83 Å². The van der Waals surface area contributed by atoms with Gasteiger partial charge in [0.25, 0.3) is 0 Å². The summed E-state index contributed by atoms with van der Waals surface area (Å²) < 4.78 is 0. The summed E-state index contributed by atoms with van der Waals surface area (Å²) in [5.41, 5.74) is 11.1. The Morgan fingerprint density at radius 1 is 1.19 bits per heavy atom. The van der Waals surface area contributed by atoms with Crippen molar-refractivity contribution in [2.75, 3.05) is 19.3 Å². The second-order valence-corrected chi connectivity index (χ2v) is 12.9. The SMILES string of the molecule is CN1CCc2nc3sc(C(=O)C45CC6CC(CC(C6)C4)C5)c(N)c3c(-c3cccs3)c2C1. The van der Waals surface area contributed by atoms with Crippen molar-refractivity contribution < 1.29 is 4.79 Å². The van der Waals surface area contributed by atoms with E-state index in [1.54, 1.807) is 22.7 Å². The van der Waals surface area contributed by atoms with Crippen molar-refractivity contribution in [3.8, 4) is 10.4 Å². The van der Waals surface area contributed by atoms with Crippen molar-refractivity contribution in [3.63, 3.8) is 0 Å². The number of ketones is 1. The van der Waals surface area contributed by atoms with Crippen molar-refractivity contribution in [2.24, 2.45) is 23.2 Å². The zero-order valence-electron chi connectivity index (χ0n) is 18.5. The van der Waals surface area contributed by atoms with E-state index in [9.17, 15) is 4.79 Å². The van der Waals surface area contributed by atoms with E-state index in [2.05, 4.69) is 29.5 Å². The van der Waals surface area contributed by atoms with Gasteiger partial charge < -0.3 is 10.6 Å². The number of nitrogen functional groups attached to an aromatic ring is 1. The zero-order valence-corrected chi connectivity index (χ0v) is 20.2. The number of likely N-dealkylation sites (N-methyl/N-ethyl adjacent to an activating group) is 1. The van der Waals surface area contributed by atoms with Crippen molar-refractivity contribution in [2.45, 2.75) is 51.5 Å². The average Bonchev–Trinajstić information content (AvgIpc) is 3.39. The summed E-state index contributed by atoms with van der Waals surface area (Å²) in [5, 5.41) is 3.16. The number of Topliss-reactive ketones (excluding diaryl/α,β-unsaturated/α-hetero) is 1. The van der Waals surface area contributed by atoms with E-state index >= 15 is 0 Å². The summed E-state index contributed by atoms with van der Waals surface area (Å²) in [6, 6.07) is 4.29. The van der Waals surface area contributed by atoms with Crippen LogP contribution in [0.2, 0.25) is 0 Å². The molecule has 0 amide bonds. The second-order valence-electron chi connectivity index (χ2n) is 10.9. The lowest BCUT2D eigenvalue weighted by atomic mass is 9.48. The van der Waals surface area contributed by atoms with Gasteiger partial charge in [-0.25, -0.2) is 4.98 Å². The van der Waals surface area contributed by atoms with Crippen LogP contribution in [0.25, 0.3) is 20.7 Å². The molecule has 0 spiro atoms. The van der Waals surface area contributed by atoms with Crippen molar-refractivity contribution >= 4 is 44.4 Å². The average molecular weight is 464 g/mol. The monoisotopic (exact) mass is 463 g/mol. The van der Waals surface area contributed by atoms with Gasteiger partial charge in [-0.05, 0) is 80.3 Å². The molecule has 4 saturated carbocycles. The van der Waals surface area contributed by atoms with E-state index in [4.69, 9.17) is 10.7 Å². The summed E-state index contributed by atoms with van der Waals surface area (Å²) in [5.74, 6) is 2.60. The molecule has 4 bridgehead atoms. The van der Waals surface area contributed by atoms with Crippen LogP contribution in [0.4, 0.5) is 5.69 Å². The minimum Gasteiger partial charge on any atom is -0.397 e. The molecule has 0 aromatic carbocycles. The molecule has 3 aromatic rings. The predicted molar refractivity (Wildman–Crippen MR) is 132 cm³/mol. The second kappa shape index (κ2) is 6.87. The number of anilines is 1. The lowest BCUT2D eigenvalue weighted by molar-refractivity contribution is -0.0350. The standard InChI is InChI=1S/C26H29N3OS2/c1-29-5-4-18-17(13-29)20(19-3-2-6-31-19)21-22(27)23(32-25(21)28-18)24(30)26-10-14-7-15(11-26)9-16(8-14)12-26/h2-3,6,14-16H,4-5,7-13,27H2,1H3. The lowest BCUT2D eigenvalue weighted by Gasteiger charge is -2.55. The van der Waals surface area contributed by atoms with E-state index in [0.717, 1.165) is 71.6 Å². The largest absolute Gasteiger partial charge is 0.397 e. The highest BCUT2D eigenvalue weighted by atomic mass is 32.1. The van der Waals surface area contributed by atoms with Gasteiger partial charge in [0, 0.05) is 46.4 Å². The van der Waals surface area contributed by atoms with E-state index in [-0.39, 0.29) is 5.41 Å². The number of rotatable bonds is 3. The highest BCUT2D eigenvalue weighted by Gasteiger charge is 2.55. The van der Waals surface area contributed by atoms with Crippen LogP contribution in [-0.2, 0) is 13.0 Å². The van der Waals surface area contributed by atoms with Gasteiger partial charge in [-0.15, -0.1) is 22.7 Å². The van der Waals surface area contributed by atoms with Crippen LogP contribution in [0.5, 0.6) is 0 Å². The molecular formula is C26H29N3OS2. The molecule has 0 radical (unpaired) electrons. The van der Waals surface area contributed by atoms with E-state index in [0.29, 0.717) is 11.5 Å². The van der Waals surface area contributed by atoms with Crippen LogP contribution in [0, 0.1) is 23.2 Å². The number of thiophene rings is 2. The normalized spacial score (nSPS) is 31.3. The molecular weight excluding hydrogens is 434 g/mol. The minimum atomic E-state index is -0.160. The fraction of sp³-hybridized carbons (Fsp3) is 0.538. The van der Waals surface area contributed by atoms with Crippen LogP contribution in [0.1, 0.15) is 59.5 Å². The summed E-state index contributed by atoms with van der Waals surface area (Å²) in [7, 11) is 2.17. The van der Waals surface area contributed by atoms with Crippen LogP contribution in [-0.4, -0.2) is 29.3 Å².